The summed E-state index contributed by atoms with van der Waals surface area (Å²) in [6.07, 6.45) is 0. The van der Waals surface area contributed by atoms with Gasteiger partial charge in [0, 0.05) is 12.2 Å². The lowest BCUT2D eigenvalue weighted by atomic mass is 10.1. The number of carboxylic acids is 1. The first kappa shape index (κ1) is 19.4. The molecule has 0 fully saturated rings. The van der Waals surface area contributed by atoms with Gasteiger partial charge in [-0.3, -0.25) is 0 Å². The van der Waals surface area contributed by atoms with Crippen LogP contribution in [0.2, 0.25) is 0 Å². The quantitative estimate of drug-likeness (QED) is 0.485. The molecule has 8 heteroatoms. The minimum absolute atomic E-state index is 0.182. The molecular formula is C20H19N3O4S. The Morgan fingerprint density at radius 2 is 1.57 bits per heavy atom. The Morgan fingerprint density at radius 1 is 0.964 bits per heavy atom. The second-order valence-electron chi connectivity index (χ2n) is 6.08. The highest BCUT2D eigenvalue weighted by Crippen LogP contribution is 2.34. The summed E-state index contributed by atoms with van der Waals surface area (Å²) in [5, 5.41) is 20.9. The van der Waals surface area contributed by atoms with E-state index in [1.807, 2.05) is 36.4 Å². The van der Waals surface area contributed by atoms with Gasteiger partial charge in [0.05, 0.1) is 16.9 Å². The maximum absolute atomic E-state index is 12.2. The third kappa shape index (κ3) is 4.67. The summed E-state index contributed by atoms with van der Waals surface area (Å²) in [6.45, 7) is 0.372. The molecule has 0 aromatic heterocycles. The van der Waals surface area contributed by atoms with Crippen LogP contribution in [-0.4, -0.2) is 19.5 Å². The Hall–Kier alpha value is -3.36. The van der Waals surface area contributed by atoms with Gasteiger partial charge in [-0.25, -0.2) is 18.4 Å². The number of carboxylic acid groups (broad SMARTS) is 1. The molecule has 7 nitrogen and oxygen atoms in total. The molecule has 0 spiro atoms. The van der Waals surface area contributed by atoms with E-state index in [0.29, 0.717) is 17.9 Å². The molecule has 0 unspecified atom stereocenters. The van der Waals surface area contributed by atoms with Crippen LogP contribution in [0.5, 0.6) is 0 Å². The number of nitrogens with one attached hydrogen (secondary N) is 2. The van der Waals surface area contributed by atoms with Gasteiger partial charge in [0.25, 0.3) is 0 Å². The third-order valence-corrected chi connectivity index (χ3v) is 4.96. The monoisotopic (exact) mass is 397 g/mol. The van der Waals surface area contributed by atoms with Crippen molar-refractivity contribution in [3.05, 3.63) is 83.9 Å². The van der Waals surface area contributed by atoms with Gasteiger partial charge >= 0.3 is 5.97 Å². The highest BCUT2D eigenvalue weighted by atomic mass is 32.2. The van der Waals surface area contributed by atoms with Crippen LogP contribution < -0.4 is 15.8 Å². The molecule has 0 amide bonds. The number of sulfonamides is 1. The summed E-state index contributed by atoms with van der Waals surface area (Å²) < 4.78 is 24.3. The normalized spacial score (nSPS) is 11.0. The largest absolute Gasteiger partial charge is 0.478 e. The van der Waals surface area contributed by atoms with Crippen molar-refractivity contribution < 1.29 is 18.3 Å². The standard InChI is InChI=1S/C20H19N3O4S/c21-28(26,27)18-12-15(20(24)25)11-17(22-13-14-7-3-1-4-8-14)19(18)23-16-9-5-2-6-10-16/h1-12,22-23H,13H2,(H,24,25)(H2,21,26,27). The van der Waals surface area contributed by atoms with Gasteiger partial charge in [-0.2, -0.15) is 0 Å². The van der Waals surface area contributed by atoms with Crippen molar-refractivity contribution in [2.24, 2.45) is 5.14 Å². The van der Waals surface area contributed by atoms with E-state index in [-0.39, 0.29) is 16.1 Å². The fourth-order valence-corrected chi connectivity index (χ4v) is 3.43. The molecule has 0 heterocycles. The Balaban J connectivity index is 2.10. The molecule has 0 radical (unpaired) electrons. The lowest BCUT2D eigenvalue weighted by Gasteiger charge is -2.18. The molecule has 0 bridgehead atoms. The molecule has 144 valence electrons. The van der Waals surface area contributed by atoms with Gasteiger partial charge < -0.3 is 15.7 Å². The Kier molecular flexibility index (Phi) is 5.62. The number of hydrogen-bond donors (Lipinski definition) is 4. The van der Waals surface area contributed by atoms with Crippen molar-refractivity contribution in [2.75, 3.05) is 10.6 Å². The van der Waals surface area contributed by atoms with Crippen LogP contribution in [0.4, 0.5) is 17.1 Å². The summed E-state index contributed by atoms with van der Waals surface area (Å²) in [4.78, 5) is 11.2. The van der Waals surface area contributed by atoms with Gasteiger partial charge in [-0.1, -0.05) is 48.5 Å². The summed E-state index contributed by atoms with van der Waals surface area (Å²) in [5.41, 5.74) is 1.91. The minimum atomic E-state index is -4.18. The molecule has 3 rings (SSSR count). The predicted octanol–water partition coefficient (Wildman–Crippen LogP) is 3.39. The van der Waals surface area contributed by atoms with Crippen molar-refractivity contribution in [3.63, 3.8) is 0 Å². The maximum Gasteiger partial charge on any atom is 0.335 e. The second kappa shape index (κ2) is 8.12. The number of hydrogen-bond acceptors (Lipinski definition) is 5. The van der Waals surface area contributed by atoms with Gasteiger partial charge in [0.1, 0.15) is 4.90 Å². The molecule has 0 saturated carbocycles. The molecule has 0 saturated heterocycles. The smallest absolute Gasteiger partial charge is 0.335 e. The van der Waals surface area contributed by atoms with Gasteiger partial charge in [0.15, 0.2) is 0 Å². The fourth-order valence-electron chi connectivity index (χ4n) is 2.69. The second-order valence-corrected chi connectivity index (χ2v) is 7.61. The number of para-hydroxylation sites is 1. The van der Waals surface area contributed by atoms with E-state index in [0.717, 1.165) is 11.6 Å². The van der Waals surface area contributed by atoms with Crippen molar-refractivity contribution in [1.82, 2.24) is 0 Å². The lowest BCUT2D eigenvalue weighted by Crippen LogP contribution is -2.17. The first-order chi connectivity index (χ1) is 13.3. The third-order valence-electron chi connectivity index (χ3n) is 4.02. The number of nitrogens with two attached hydrogens (primary N) is 1. The molecular weight excluding hydrogens is 378 g/mol. The number of aromatic carboxylic acids is 1. The van der Waals surface area contributed by atoms with Crippen LogP contribution >= 0.6 is 0 Å². The Labute approximate surface area is 162 Å². The molecule has 0 atom stereocenters. The highest BCUT2D eigenvalue weighted by molar-refractivity contribution is 7.89. The summed E-state index contributed by atoms with van der Waals surface area (Å²) in [7, 11) is -4.18. The van der Waals surface area contributed by atoms with Crippen LogP contribution in [0.1, 0.15) is 15.9 Å². The average Bonchev–Trinajstić information content (AvgIpc) is 2.67. The molecule has 0 aliphatic heterocycles. The van der Waals surface area contributed by atoms with Crippen LogP contribution in [0, 0.1) is 0 Å². The number of anilines is 3. The Bertz CT molecular complexity index is 1090. The number of rotatable bonds is 7. The summed E-state index contributed by atoms with van der Waals surface area (Å²) >= 11 is 0. The fraction of sp³-hybridized carbons (Fsp3) is 0.0500. The molecule has 5 N–H and O–H groups in total. The van der Waals surface area contributed by atoms with Crippen LogP contribution in [-0.2, 0) is 16.6 Å². The number of primary sulfonamides is 1. The van der Waals surface area contributed by atoms with Crippen molar-refractivity contribution in [1.29, 1.82) is 0 Å². The summed E-state index contributed by atoms with van der Waals surface area (Å²) in [5.74, 6) is -1.25. The average molecular weight is 397 g/mol. The lowest BCUT2D eigenvalue weighted by molar-refractivity contribution is 0.0696. The first-order valence-electron chi connectivity index (χ1n) is 8.38. The molecule has 0 aliphatic carbocycles. The van der Waals surface area contributed by atoms with Crippen molar-refractivity contribution in [3.8, 4) is 0 Å². The van der Waals surface area contributed by atoms with Gasteiger partial charge in [0.2, 0.25) is 10.0 Å². The van der Waals surface area contributed by atoms with Crippen molar-refractivity contribution >= 4 is 33.1 Å². The van der Waals surface area contributed by atoms with E-state index < -0.39 is 16.0 Å². The Morgan fingerprint density at radius 3 is 2.14 bits per heavy atom. The summed E-state index contributed by atoms with van der Waals surface area (Å²) in [6, 6.07) is 20.8. The van der Waals surface area contributed by atoms with Crippen LogP contribution in [0.15, 0.2) is 77.7 Å². The van der Waals surface area contributed by atoms with E-state index in [9.17, 15) is 18.3 Å². The van der Waals surface area contributed by atoms with Crippen molar-refractivity contribution in [2.45, 2.75) is 11.4 Å². The van der Waals surface area contributed by atoms with E-state index in [2.05, 4.69) is 10.6 Å². The minimum Gasteiger partial charge on any atom is -0.478 e. The highest BCUT2D eigenvalue weighted by Gasteiger charge is 2.21. The van der Waals surface area contributed by atoms with Gasteiger partial charge in [-0.05, 0) is 29.8 Å². The zero-order chi connectivity index (χ0) is 20.1. The van der Waals surface area contributed by atoms with E-state index in [1.54, 1.807) is 24.3 Å². The topological polar surface area (TPSA) is 122 Å². The van der Waals surface area contributed by atoms with E-state index in [1.165, 1.54) is 6.07 Å². The first-order valence-corrected chi connectivity index (χ1v) is 9.93. The number of benzene rings is 3. The SMILES string of the molecule is NS(=O)(=O)c1cc(C(=O)O)cc(NCc2ccccc2)c1Nc1ccccc1. The molecule has 28 heavy (non-hydrogen) atoms. The molecule has 3 aromatic rings. The number of carbonyl (C=O) groups is 1. The van der Waals surface area contributed by atoms with Crippen LogP contribution in [0.25, 0.3) is 0 Å². The van der Waals surface area contributed by atoms with Crippen LogP contribution in [0.3, 0.4) is 0 Å². The molecule has 3 aromatic carbocycles. The zero-order valence-electron chi connectivity index (χ0n) is 14.8. The maximum atomic E-state index is 12.2. The van der Waals surface area contributed by atoms with E-state index >= 15 is 0 Å². The van der Waals surface area contributed by atoms with E-state index in [4.69, 9.17) is 5.14 Å². The zero-order valence-corrected chi connectivity index (χ0v) is 15.6. The predicted molar refractivity (Wildman–Crippen MR) is 108 cm³/mol. The molecule has 0 aliphatic rings. The van der Waals surface area contributed by atoms with Gasteiger partial charge in [-0.15, -0.1) is 0 Å².